The van der Waals surface area contributed by atoms with Crippen LogP contribution in [0.4, 0.5) is 5.95 Å². The van der Waals surface area contributed by atoms with Crippen LogP contribution in [0.3, 0.4) is 0 Å². The summed E-state index contributed by atoms with van der Waals surface area (Å²) in [5.74, 6) is 2.43. The molecule has 9 nitrogen and oxygen atoms in total. The number of tetrazole rings is 1. The smallest absolute Gasteiger partial charge is 0.227 e. The number of ether oxygens (including phenoxy) is 1. The van der Waals surface area contributed by atoms with Gasteiger partial charge in [0.2, 0.25) is 5.95 Å². The minimum atomic E-state index is 0.683. The largest absolute Gasteiger partial charge is 0.378 e. The van der Waals surface area contributed by atoms with Gasteiger partial charge in [-0.25, -0.2) is 4.68 Å². The molecular formula is C12H20N8OS. The summed E-state index contributed by atoms with van der Waals surface area (Å²) < 4.78 is 9.23. The molecule has 0 amide bonds. The molecule has 0 spiro atoms. The molecule has 1 saturated heterocycles. The van der Waals surface area contributed by atoms with Gasteiger partial charge >= 0.3 is 0 Å². The maximum absolute atomic E-state index is 5.37. The second-order valence-corrected chi connectivity index (χ2v) is 5.99. The molecule has 1 fully saturated rings. The topological polar surface area (TPSA) is 86.8 Å². The highest BCUT2D eigenvalue weighted by Crippen LogP contribution is 2.23. The molecule has 2 aromatic rings. The van der Waals surface area contributed by atoms with Crippen LogP contribution in [-0.4, -0.2) is 61.3 Å². The molecule has 1 aliphatic rings. The van der Waals surface area contributed by atoms with Gasteiger partial charge in [-0.15, -0.1) is 15.3 Å². The van der Waals surface area contributed by atoms with Crippen LogP contribution in [-0.2, 0) is 24.1 Å². The van der Waals surface area contributed by atoms with E-state index in [4.69, 9.17) is 4.74 Å². The van der Waals surface area contributed by atoms with Gasteiger partial charge in [-0.1, -0.05) is 18.7 Å². The summed E-state index contributed by atoms with van der Waals surface area (Å²) in [4.78, 5) is 2.20. The van der Waals surface area contributed by atoms with E-state index in [1.165, 1.54) is 0 Å². The van der Waals surface area contributed by atoms with Crippen molar-refractivity contribution in [2.75, 3.05) is 31.2 Å². The quantitative estimate of drug-likeness (QED) is 0.703. The van der Waals surface area contributed by atoms with Crippen LogP contribution in [0.2, 0.25) is 0 Å². The van der Waals surface area contributed by atoms with Crippen molar-refractivity contribution in [3.8, 4) is 0 Å². The van der Waals surface area contributed by atoms with Crippen LogP contribution in [0.1, 0.15) is 19.2 Å². The Hall–Kier alpha value is -1.68. The van der Waals surface area contributed by atoms with Crippen molar-refractivity contribution in [2.45, 2.75) is 30.8 Å². The number of aromatic nitrogens is 7. The molecule has 0 radical (unpaired) electrons. The van der Waals surface area contributed by atoms with Crippen molar-refractivity contribution in [3.05, 3.63) is 5.82 Å². The summed E-state index contributed by atoms with van der Waals surface area (Å²) in [5.41, 5.74) is 0. The Morgan fingerprint density at radius 2 is 2.00 bits per heavy atom. The van der Waals surface area contributed by atoms with Crippen LogP contribution in [0.5, 0.6) is 0 Å². The minimum Gasteiger partial charge on any atom is -0.378 e. The highest BCUT2D eigenvalue weighted by atomic mass is 32.2. The van der Waals surface area contributed by atoms with Crippen LogP contribution < -0.4 is 4.90 Å². The summed E-state index contributed by atoms with van der Waals surface area (Å²) in [7, 11) is 1.99. The van der Waals surface area contributed by atoms with Crippen molar-refractivity contribution in [1.82, 2.24) is 35.0 Å². The number of hydrogen-bond acceptors (Lipinski definition) is 8. The third-order valence-electron chi connectivity index (χ3n) is 3.48. The molecule has 0 N–H and O–H groups in total. The van der Waals surface area contributed by atoms with Gasteiger partial charge in [-0.2, -0.15) is 0 Å². The van der Waals surface area contributed by atoms with E-state index >= 15 is 0 Å². The lowest BCUT2D eigenvalue weighted by Crippen LogP contribution is -2.37. The molecule has 0 aliphatic carbocycles. The van der Waals surface area contributed by atoms with E-state index in [1.807, 2.05) is 16.3 Å². The van der Waals surface area contributed by atoms with Crippen molar-refractivity contribution in [1.29, 1.82) is 0 Å². The maximum atomic E-state index is 5.37. The fraction of sp³-hybridized carbons (Fsp3) is 0.750. The number of thioether (sulfide) groups is 1. The number of aryl methyl sites for hydroxylation is 1. The second-order valence-electron chi connectivity index (χ2n) is 5.05. The predicted molar refractivity (Wildman–Crippen MR) is 81.7 cm³/mol. The molecule has 120 valence electrons. The van der Waals surface area contributed by atoms with Crippen molar-refractivity contribution in [3.63, 3.8) is 0 Å². The number of nitrogens with zero attached hydrogens (tertiary/aromatic N) is 8. The third kappa shape index (κ3) is 3.22. The van der Waals surface area contributed by atoms with E-state index in [-0.39, 0.29) is 0 Å². The van der Waals surface area contributed by atoms with Crippen molar-refractivity contribution in [2.24, 2.45) is 7.05 Å². The Bertz CT molecular complexity index is 606. The van der Waals surface area contributed by atoms with Crippen LogP contribution in [0.25, 0.3) is 0 Å². The van der Waals surface area contributed by atoms with E-state index in [9.17, 15) is 0 Å². The Kier molecular flexibility index (Phi) is 4.88. The number of hydrogen-bond donors (Lipinski definition) is 0. The van der Waals surface area contributed by atoms with Crippen LogP contribution in [0, 0.1) is 0 Å². The minimum absolute atomic E-state index is 0.683. The Morgan fingerprint density at radius 1 is 1.18 bits per heavy atom. The first kappa shape index (κ1) is 15.2. The van der Waals surface area contributed by atoms with E-state index in [1.54, 1.807) is 11.8 Å². The highest BCUT2D eigenvalue weighted by Gasteiger charge is 2.19. The molecule has 3 heterocycles. The van der Waals surface area contributed by atoms with E-state index < -0.39 is 0 Å². The van der Waals surface area contributed by atoms with Gasteiger partial charge in [-0.3, -0.25) is 4.57 Å². The van der Waals surface area contributed by atoms with Gasteiger partial charge in [0, 0.05) is 26.7 Å². The maximum Gasteiger partial charge on any atom is 0.227 e. The fourth-order valence-corrected chi connectivity index (χ4v) is 3.15. The summed E-state index contributed by atoms with van der Waals surface area (Å²) in [5, 5.41) is 21.3. The Morgan fingerprint density at radius 3 is 2.77 bits per heavy atom. The molecule has 0 unspecified atom stereocenters. The second kappa shape index (κ2) is 7.05. The highest BCUT2D eigenvalue weighted by molar-refractivity contribution is 7.98. The summed E-state index contributed by atoms with van der Waals surface area (Å²) in [6, 6.07) is 0. The van der Waals surface area contributed by atoms with Gasteiger partial charge in [0.25, 0.3) is 0 Å². The lowest BCUT2D eigenvalue weighted by atomic mass is 10.4. The fourth-order valence-electron chi connectivity index (χ4n) is 2.31. The number of morpholine rings is 1. The third-order valence-corrected chi connectivity index (χ3v) is 4.49. The zero-order chi connectivity index (χ0) is 15.4. The van der Waals surface area contributed by atoms with Gasteiger partial charge in [-0.05, 0) is 16.8 Å². The SMILES string of the molecule is CCCn1nnnc1CSc1nnc(N2CCOCC2)n1C. The molecule has 0 atom stereocenters. The van der Waals surface area contributed by atoms with Gasteiger partial charge in [0.05, 0.1) is 19.0 Å². The molecule has 22 heavy (non-hydrogen) atoms. The lowest BCUT2D eigenvalue weighted by molar-refractivity contribution is 0.121. The van der Waals surface area contributed by atoms with Crippen molar-refractivity contribution < 1.29 is 4.74 Å². The first-order valence-corrected chi connectivity index (χ1v) is 8.38. The summed E-state index contributed by atoms with van der Waals surface area (Å²) in [6.07, 6.45) is 1.01. The standard InChI is InChI=1S/C12H20N8OS/c1-3-4-20-10(13-16-17-20)9-22-12-15-14-11(18(12)2)19-5-7-21-8-6-19/h3-9H2,1-2H3. The van der Waals surface area contributed by atoms with E-state index in [0.717, 1.165) is 56.2 Å². The average Bonchev–Trinajstić information content (AvgIpc) is 3.13. The molecule has 3 rings (SSSR count). The zero-order valence-corrected chi connectivity index (χ0v) is 13.7. The van der Waals surface area contributed by atoms with Crippen LogP contribution in [0.15, 0.2) is 5.16 Å². The molecule has 1 aliphatic heterocycles. The summed E-state index contributed by atoms with van der Waals surface area (Å²) in [6.45, 7) is 6.12. The molecular weight excluding hydrogens is 304 g/mol. The van der Waals surface area contributed by atoms with Crippen LogP contribution >= 0.6 is 11.8 Å². The van der Waals surface area contributed by atoms with Gasteiger partial charge in [0.1, 0.15) is 0 Å². The normalized spacial score (nSPS) is 15.5. The lowest BCUT2D eigenvalue weighted by Gasteiger charge is -2.27. The van der Waals surface area contributed by atoms with Crippen molar-refractivity contribution >= 4 is 17.7 Å². The Balaban J connectivity index is 1.65. The molecule has 0 aromatic carbocycles. The average molecular weight is 324 g/mol. The predicted octanol–water partition coefficient (Wildman–Crippen LogP) is 0.340. The molecule has 10 heteroatoms. The molecule has 2 aromatic heterocycles. The first-order chi connectivity index (χ1) is 10.8. The number of anilines is 1. The van der Waals surface area contributed by atoms with E-state index in [0.29, 0.717) is 5.75 Å². The molecule has 0 saturated carbocycles. The molecule has 0 bridgehead atoms. The van der Waals surface area contributed by atoms with Gasteiger partial charge in [0.15, 0.2) is 11.0 Å². The zero-order valence-electron chi connectivity index (χ0n) is 12.8. The monoisotopic (exact) mass is 324 g/mol. The summed E-state index contributed by atoms with van der Waals surface area (Å²) >= 11 is 1.60. The Labute approximate surface area is 133 Å². The first-order valence-electron chi connectivity index (χ1n) is 7.39. The van der Waals surface area contributed by atoms with Gasteiger partial charge < -0.3 is 9.64 Å². The number of rotatable bonds is 6. The van der Waals surface area contributed by atoms with E-state index in [2.05, 4.69) is 37.5 Å².